The Labute approximate surface area is 66.8 Å². The number of nitrogens with zero attached hydrogens (tertiary/aromatic N) is 1. The molecule has 0 aliphatic heterocycles. The van der Waals surface area contributed by atoms with Crippen LogP contribution in [0.1, 0.15) is 19.8 Å². The second kappa shape index (κ2) is 2.81. The van der Waals surface area contributed by atoms with Crippen LogP contribution in [-0.4, -0.2) is 6.61 Å². The first-order chi connectivity index (χ1) is 4.70. The molecule has 0 aromatic heterocycles. The molecule has 0 atom stereocenters. The number of thiol groups is 1. The minimum Gasteiger partial charge on any atom is -0.318 e. The van der Waals surface area contributed by atoms with Crippen molar-refractivity contribution in [1.82, 2.24) is 0 Å². The van der Waals surface area contributed by atoms with Crippen LogP contribution in [0.25, 0.3) is 0 Å². The predicted octanol–water partition coefficient (Wildman–Crippen LogP) is 1.79. The standard InChI is InChI=1S/C7H11NOS/c1-7(5-8)2-6(3-7)4-9-10/h6,10H,2-4H2,1H3. The first-order valence-corrected chi connectivity index (χ1v) is 3.74. The average Bonchev–Trinajstić information content (AvgIpc) is 1.85. The van der Waals surface area contributed by atoms with E-state index >= 15 is 0 Å². The maximum atomic E-state index is 8.62. The SMILES string of the molecule is CC1(C#N)CC(COS)C1. The van der Waals surface area contributed by atoms with E-state index in [9.17, 15) is 0 Å². The van der Waals surface area contributed by atoms with Gasteiger partial charge < -0.3 is 4.18 Å². The first-order valence-electron chi connectivity index (χ1n) is 3.38. The summed E-state index contributed by atoms with van der Waals surface area (Å²) in [6.07, 6.45) is 1.92. The molecule has 0 N–H and O–H groups in total. The fourth-order valence-electron chi connectivity index (χ4n) is 1.53. The molecule has 0 radical (unpaired) electrons. The van der Waals surface area contributed by atoms with E-state index < -0.39 is 0 Å². The average molecular weight is 157 g/mol. The van der Waals surface area contributed by atoms with E-state index in [1.807, 2.05) is 6.92 Å². The van der Waals surface area contributed by atoms with Crippen LogP contribution in [0.5, 0.6) is 0 Å². The van der Waals surface area contributed by atoms with Crippen LogP contribution in [-0.2, 0) is 4.18 Å². The molecule has 0 amide bonds. The highest BCUT2D eigenvalue weighted by atomic mass is 32.1. The molecule has 0 bridgehead atoms. The van der Waals surface area contributed by atoms with Crippen molar-refractivity contribution in [1.29, 1.82) is 5.26 Å². The lowest BCUT2D eigenvalue weighted by Crippen LogP contribution is -2.35. The van der Waals surface area contributed by atoms with Crippen molar-refractivity contribution in [3.8, 4) is 6.07 Å². The minimum absolute atomic E-state index is 0.0724. The lowest BCUT2D eigenvalue weighted by atomic mass is 9.64. The Morgan fingerprint density at radius 2 is 2.40 bits per heavy atom. The Balaban J connectivity index is 2.24. The third-order valence-electron chi connectivity index (χ3n) is 2.06. The van der Waals surface area contributed by atoms with Crippen LogP contribution >= 0.6 is 12.9 Å². The van der Waals surface area contributed by atoms with Gasteiger partial charge in [0.1, 0.15) is 0 Å². The molecule has 2 nitrogen and oxygen atoms in total. The highest BCUT2D eigenvalue weighted by Crippen LogP contribution is 2.44. The van der Waals surface area contributed by atoms with Gasteiger partial charge in [-0.05, 0) is 38.6 Å². The molecule has 1 fully saturated rings. The molecule has 0 aromatic carbocycles. The number of nitriles is 1. The Hall–Kier alpha value is -0.200. The Morgan fingerprint density at radius 1 is 1.80 bits per heavy atom. The second-order valence-electron chi connectivity index (χ2n) is 3.24. The molecular weight excluding hydrogens is 146 g/mol. The molecule has 0 spiro atoms. The maximum Gasteiger partial charge on any atom is 0.0687 e. The molecule has 10 heavy (non-hydrogen) atoms. The minimum atomic E-state index is -0.0724. The van der Waals surface area contributed by atoms with Crippen molar-refractivity contribution in [2.75, 3.05) is 6.61 Å². The third-order valence-corrected chi connectivity index (χ3v) is 2.21. The summed E-state index contributed by atoms with van der Waals surface area (Å²) >= 11 is 3.65. The van der Waals surface area contributed by atoms with Crippen LogP contribution in [0.15, 0.2) is 0 Å². The van der Waals surface area contributed by atoms with E-state index in [2.05, 4.69) is 23.2 Å². The van der Waals surface area contributed by atoms with Crippen molar-refractivity contribution >= 4 is 12.9 Å². The zero-order valence-corrected chi connectivity index (χ0v) is 6.90. The molecular formula is C7H11NOS. The summed E-state index contributed by atoms with van der Waals surface area (Å²) in [6.45, 7) is 2.67. The van der Waals surface area contributed by atoms with E-state index in [0.717, 1.165) is 12.8 Å². The van der Waals surface area contributed by atoms with Gasteiger partial charge in [0.15, 0.2) is 0 Å². The maximum absolute atomic E-state index is 8.62. The normalized spacial score (nSPS) is 38.3. The molecule has 0 heterocycles. The van der Waals surface area contributed by atoms with E-state index in [-0.39, 0.29) is 5.41 Å². The van der Waals surface area contributed by atoms with Crippen molar-refractivity contribution < 1.29 is 4.18 Å². The molecule has 1 saturated carbocycles. The van der Waals surface area contributed by atoms with Crippen LogP contribution in [0.3, 0.4) is 0 Å². The lowest BCUT2D eigenvalue weighted by Gasteiger charge is -2.39. The summed E-state index contributed by atoms with van der Waals surface area (Å²) in [4.78, 5) is 0. The molecule has 1 rings (SSSR count). The first kappa shape index (κ1) is 7.90. The predicted molar refractivity (Wildman–Crippen MR) is 41.4 cm³/mol. The molecule has 3 heteroatoms. The summed E-state index contributed by atoms with van der Waals surface area (Å²) in [5.41, 5.74) is -0.0724. The van der Waals surface area contributed by atoms with Gasteiger partial charge in [-0.2, -0.15) is 5.26 Å². The van der Waals surface area contributed by atoms with E-state index in [1.54, 1.807) is 0 Å². The van der Waals surface area contributed by atoms with Crippen molar-refractivity contribution in [3.63, 3.8) is 0 Å². The Bertz CT molecular complexity index is 157. The zero-order valence-electron chi connectivity index (χ0n) is 6.00. The van der Waals surface area contributed by atoms with Crippen molar-refractivity contribution in [2.45, 2.75) is 19.8 Å². The van der Waals surface area contributed by atoms with E-state index in [0.29, 0.717) is 12.5 Å². The molecule has 1 aliphatic rings. The van der Waals surface area contributed by atoms with Crippen LogP contribution < -0.4 is 0 Å². The van der Waals surface area contributed by atoms with E-state index in [4.69, 9.17) is 5.26 Å². The van der Waals surface area contributed by atoms with Gasteiger partial charge in [0.2, 0.25) is 0 Å². The Kier molecular flexibility index (Phi) is 2.22. The topological polar surface area (TPSA) is 33.0 Å². The zero-order chi connectivity index (χ0) is 7.61. The molecule has 56 valence electrons. The van der Waals surface area contributed by atoms with Gasteiger partial charge in [0, 0.05) is 0 Å². The van der Waals surface area contributed by atoms with Crippen molar-refractivity contribution in [3.05, 3.63) is 0 Å². The fraction of sp³-hybridized carbons (Fsp3) is 0.857. The third kappa shape index (κ3) is 1.44. The summed E-state index contributed by atoms with van der Waals surface area (Å²) in [7, 11) is 0. The molecule has 1 aliphatic carbocycles. The van der Waals surface area contributed by atoms with Crippen LogP contribution in [0.2, 0.25) is 0 Å². The van der Waals surface area contributed by atoms with Gasteiger partial charge in [-0.15, -0.1) is 0 Å². The number of hydrogen-bond donors (Lipinski definition) is 1. The molecule has 0 saturated heterocycles. The highest BCUT2D eigenvalue weighted by Gasteiger charge is 2.40. The van der Waals surface area contributed by atoms with E-state index in [1.165, 1.54) is 0 Å². The number of hydrogen-bond acceptors (Lipinski definition) is 3. The Morgan fingerprint density at radius 3 is 2.80 bits per heavy atom. The molecule has 0 unspecified atom stereocenters. The molecule has 0 aromatic rings. The summed E-state index contributed by atoms with van der Waals surface area (Å²) in [5, 5.41) is 8.62. The van der Waals surface area contributed by atoms with Gasteiger partial charge in [0.25, 0.3) is 0 Å². The van der Waals surface area contributed by atoms with Gasteiger partial charge >= 0.3 is 0 Å². The summed E-state index contributed by atoms with van der Waals surface area (Å²) < 4.78 is 4.67. The van der Waals surface area contributed by atoms with Gasteiger partial charge in [0.05, 0.1) is 18.1 Å². The second-order valence-corrected chi connectivity index (χ2v) is 3.50. The van der Waals surface area contributed by atoms with Gasteiger partial charge in [-0.3, -0.25) is 0 Å². The monoisotopic (exact) mass is 157 g/mol. The van der Waals surface area contributed by atoms with Gasteiger partial charge in [-0.25, -0.2) is 0 Å². The van der Waals surface area contributed by atoms with Crippen LogP contribution in [0, 0.1) is 22.7 Å². The summed E-state index contributed by atoms with van der Waals surface area (Å²) in [6, 6.07) is 2.29. The summed E-state index contributed by atoms with van der Waals surface area (Å²) in [5.74, 6) is 0.558. The lowest BCUT2D eigenvalue weighted by molar-refractivity contribution is 0.0939. The highest BCUT2D eigenvalue weighted by molar-refractivity contribution is 7.75. The largest absolute Gasteiger partial charge is 0.318 e. The van der Waals surface area contributed by atoms with Crippen LogP contribution in [0.4, 0.5) is 0 Å². The number of rotatable bonds is 2. The quantitative estimate of drug-likeness (QED) is 0.489. The fourth-order valence-corrected chi connectivity index (χ4v) is 1.74. The van der Waals surface area contributed by atoms with Gasteiger partial charge in [-0.1, -0.05) is 0 Å². The van der Waals surface area contributed by atoms with Crippen molar-refractivity contribution in [2.24, 2.45) is 11.3 Å². The smallest absolute Gasteiger partial charge is 0.0687 e.